The van der Waals surface area contributed by atoms with Gasteiger partial charge in [-0.05, 0) is 31.9 Å². The van der Waals surface area contributed by atoms with E-state index in [0.29, 0.717) is 6.42 Å². The van der Waals surface area contributed by atoms with E-state index in [0.717, 1.165) is 11.1 Å². The average molecular weight is 236 g/mol. The SMILES string of the molecule is COC(=O)Cc1ccc(C(C)OC(C)C)cc1. The molecule has 0 saturated heterocycles. The molecular formula is C14H20O3. The van der Waals surface area contributed by atoms with E-state index in [1.54, 1.807) is 0 Å². The van der Waals surface area contributed by atoms with Crippen LogP contribution in [0.2, 0.25) is 0 Å². The van der Waals surface area contributed by atoms with E-state index >= 15 is 0 Å². The van der Waals surface area contributed by atoms with E-state index in [-0.39, 0.29) is 18.2 Å². The molecule has 3 nitrogen and oxygen atoms in total. The van der Waals surface area contributed by atoms with Gasteiger partial charge in [0.25, 0.3) is 0 Å². The molecule has 1 aromatic carbocycles. The second-order valence-electron chi connectivity index (χ2n) is 4.32. The molecule has 3 heteroatoms. The summed E-state index contributed by atoms with van der Waals surface area (Å²) in [6, 6.07) is 7.86. The lowest BCUT2D eigenvalue weighted by Gasteiger charge is -2.16. The van der Waals surface area contributed by atoms with Crippen LogP contribution in [0.1, 0.15) is 38.0 Å². The predicted molar refractivity (Wildman–Crippen MR) is 66.8 cm³/mol. The van der Waals surface area contributed by atoms with Crippen LogP contribution in [0.25, 0.3) is 0 Å². The van der Waals surface area contributed by atoms with Crippen LogP contribution in [0.4, 0.5) is 0 Å². The van der Waals surface area contributed by atoms with Gasteiger partial charge in [-0.25, -0.2) is 0 Å². The first-order chi connectivity index (χ1) is 8.02. The van der Waals surface area contributed by atoms with Gasteiger partial charge in [-0.2, -0.15) is 0 Å². The van der Waals surface area contributed by atoms with Gasteiger partial charge in [0.2, 0.25) is 0 Å². The van der Waals surface area contributed by atoms with Gasteiger partial charge in [-0.1, -0.05) is 24.3 Å². The van der Waals surface area contributed by atoms with Crippen molar-refractivity contribution >= 4 is 5.97 Å². The normalized spacial score (nSPS) is 12.5. The smallest absolute Gasteiger partial charge is 0.309 e. The highest BCUT2D eigenvalue weighted by molar-refractivity contribution is 5.72. The zero-order valence-corrected chi connectivity index (χ0v) is 10.9. The Kier molecular flexibility index (Phi) is 5.16. The molecule has 0 aliphatic rings. The second kappa shape index (κ2) is 6.40. The van der Waals surface area contributed by atoms with Crippen LogP contribution in [0.5, 0.6) is 0 Å². The Balaban J connectivity index is 2.64. The summed E-state index contributed by atoms with van der Waals surface area (Å²) in [5.74, 6) is -0.218. The highest BCUT2D eigenvalue weighted by atomic mass is 16.5. The lowest BCUT2D eigenvalue weighted by molar-refractivity contribution is -0.139. The molecule has 0 fully saturated rings. The van der Waals surface area contributed by atoms with Gasteiger partial charge in [0.15, 0.2) is 0 Å². The minimum atomic E-state index is -0.218. The highest BCUT2D eigenvalue weighted by Crippen LogP contribution is 2.19. The zero-order valence-electron chi connectivity index (χ0n) is 10.9. The average Bonchev–Trinajstić information content (AvgIpc) is 2.28. The number of esters is 1. The highest BCUT2D eigenvalue weighted by Gasteiger charge is 2.08. The third-order valence-corrected chi connectivity index (χ3v) is 2.50. The Morgan fingerprint density at radius 3 is 2.24 bits per heavy atom. The lowest BCUT2D eigenvalue weighted by atomic mass is 10.1. The number of carbonyl (C=O) groups is 1. The van der Waals surface area contributed by atoms with Crippen LogP contribution in [0.3, 0.4) is 0 Å². The number of hydrogen-bond acceptors (Lipinski definition) is 3. The number of ether oxygens (including phenoxy) is 2. The van der Waals surface area contributed by atoms with Crippen LogP contribution in [-0.2, 0) is 20.7 Å². The van der Waals surface area contributed by atoms with Gasteiger partial charge in [-0.15, -0.1) is 0 Å². The first-order valence-electron chi connectivity index (χ1n) is 5.84. The van der Waals surface area contributed by atoms with E-state index in [1.165, 1.54) is 7.11 Å². The van der Waals surface area contributed by atoms with Crippen molar-refractivity contribution in [1.29, 1.82) is 0 Å². The monoisotopic (exact) mass is 236 g/mol. The second-order valence-corrected chi connectivity index (χ2v) is 4.32. The van der Waals surface area contributed by atoms with Gasteiger partial charge in [-0.3, -0.25) is 4.79 Å². The standard InChI is InChI=1S/C14H20O3/c1-10(2)17-11(3)13-7-5-12(6-8-13)9-14(15)16-4/h5-8,10-11H,9H2,1-4H3. The van der Waals surface area contributed by atoms with Gasteiger partial charge in [0.05, 0.1) is 25.7 Å². The van der Waals surface area contributed by atoms with Crippen LogP contribution in [0, 0.1) is 0 Å². The summed E-state index contributed by atoms with van der Waals surface area (Å²) >= 11 is 0. The van der Waals surface area contributed by atoms with Crippen molar-refractivity contribution in [3.63, 3.8) is 0 Å². The summed E-state index contributed by atoms with van der Waals surface area (Å²) in [7, 11) is 1.40. The summed E-state index contributed by atoms with van der Waals surface area (Å²) in [6.07, 6.45) is 0.595. The molecule has 0 aromatic heterocycles. The number of carbonyl (C=O) groups excluding carboxylic acids is 1. The van der Waals surface area contributed by atoms with Crippen molar-refractivity contribution in [2.75, 3.05) is 7.11 Å². The predicted octanol–water partition coefficient (Wildman–Crippen LogP) is 2.89. The van der Waals surface area contributed by atoms with Crippen molar-refractivity contribution < 1.29 is 14.3 Å². The maximum Gasteiger partial charge on any atom is 0.309 e. The molecule has 0 amide bonds. The molecule has 0 bridgehead atoms. The van der Waals surface area contributed by atoms with Gasteiger partial charge in [0.1, 0.15) is 0 Å². The Hall–Kier alpha value is -1.35. The van der Waals surface area contributed by atoms with E-state index < -0.39 is 0 Å². The van der Waals surface area contributed by atoms with Crippen molar-refractivity contribution in [3.8, 4) is 0 Å². The fourth-order valence-electron chi connectivity index (χ4n) is 1.63. The van der Waals surface area contributed by atoms with Crippen LogP contribution >= 0.6 is 0 Å². The summed E-state index contributed by atoms with van der Waals surface area (Å²) in [5, 5.41) is 0. The maximum absolute atomic E-state index is 11.1. The third-order valence-electron chi connectivity index (χ3n) is 2.50. The molecule has 1 atom stereocenters. The molecule has 0 aliphatic carbocycles. The first kappa shape index (κ1) is 13.7. The molecule has 0 radical (unpaired) electrons. The number of benzene rings is 1. The number of hydrogen-bond donors (Lipinski definition) is 0. The van der Waals surface area contributed by atoms with Gasteiger partial charge >= 0.3 is 5.97 Å². The van der Waals surface area contributed by atoms with Crippen molar-refractivity contribution in [2.45, 2.75) is 39.4 Å². The minimum Gasteiger partial charge on any atom is -0.469 e. The Bertz CT molecular complexity index is 354. The fourth-order valence-corrected chi connectivity index (χ4v) is 1.63. The maximum atomic E-state index is 11.1. The molecule has 0 saturated carbocycles. The molecule has 0 aliphatic heterocycles. The molecule has 17 heavy (non-hydrogen) atoms. The molecule has 0 N–H and O–H groups in total. The Morgan fingerprint density at radius 2 is 1.76 bits per heavy atom. The van der Waals surface area contributed by atoms with Gasteiger partial charge in [0, 0.05) is 0 Å². The topological polar surface area (TPSA) is 35.5 Å². The number of methoxy groups -OCH3 is 1. The lowest BCUT2D eigenvalue weighted by Crippen LogP contribution is -2.08. The first-order valence-corrected chi connectivity index (χ1v) is 5.84. The van der Waals surface area contributed by atoms with Crippen LogP contribution in [-0.4, -0.2) is 19.2 Å². The van der Waals surface area contributed by atoms with Crippen LogP contribution in [0.15, 0.2) is 24.3 Å². The van der Waals surface area contributed by atoms with Crippen LogP contribution < -0.4 is 0 Å². The molecule has 0 heterocycles. The Morgan fingerprint density at radius 1 is 1.18 bits per heavy atom. The summed E-state index contributed by atoms with van der Waals surface area (Å²) in [5.41, 5.74) is 2.07. The quantitative estimate of drug-likeness (QED) is 0.737. The Labute approximate surface area is 103 Å². The molecule has 1 rings (SSSR count). The fraction of sp³-hybridized carbons (Fsp3) is 0.500. The molecule has 1 aromatic rings. The zero-order chi connectivity index (χ0) is 12.8. The summed E-state index contributed by atoms with van der Waals surface area (Å²) < 4.78 is 10.3. The summed E-state index contributed by atoms with van der Waals surface area (Å²) in [6.45, 7) is 6.06. The molecular weight excluding hydrogens is 216 g/mol. The van der Waals surface area contributed by atoms with Crippen molar-refractivity contribution in [2.24, 2.45) is 0 Å². The van der Waals surface area contributed by atoms with Crippen molar-refractivity contribution in [1.82, 2.24) is 0 Å². The summed E-state index contributed by atoms with van der Waals surface area (Å²) in [4.78, 5) is 11.1. The van der Waals surface area contributed by atoms with E-state index in [9.17, 15) is 4.79 Å². The van der Waals surface area contributed by atoms with Crippen molar-refractivity contribution in [3.05, 3.63) is 35.4 Å². The molecule has 94 valence electrons. The van der Waals surface area contributed by atoms with Gasteiger partial charge < -0.3 is 9.47 Å². The molecule has 0 spiro atoms. The van der Waals surface area contributed by atoms with E-state index in [2.05, 4.69) is 4.74 Å². The molecule has 1 unspecified atom stereocenters. The largest absolute Gasteiger partial charge is 0.469 e. The third kappa shape index (κ3) is 4.57. The minimum absolute atomic E-state index is 0.0715. The number of rotatable bonds is 5. The van der Waals surface area contributed by atoms with E-state index in [4.69, 9.17) is 4.74 Å². The van der Waals surface area contributed by atoms with E-state index in [1.807, 2.05) is 45.0 Å².